The lowest BCUT2D eigenvalue weighted by Gasteiger charge is -2.20. The smallest absolute Gasteiger partial charge is 0.265 e. The molecule has 0 saturated heterocycles. The van der Waals surface area contributed by atoms with E-state index < -0.39 is 6.10 Å². The van der Waals surface area contributed by atoms with E-state index in [1.54, 1.807) is 24.3 Å². The molecule has 0 aliphatic rings. The zero-order chi connectivity index (χ0) is 16.7. The molecule has 0 radical (unpaired) electrons. The van der Waals surface area contributed by atoms with Crippen LogP contribution in [0.3, 0.4) is 0 Å². The molecule has 6 heteroatoms. The summed E-state index contributed by atoms with van der Waals surface area (Å²) in [6.45, 7) is 2.53. The van der Waals surface area contributed by atoms with E-state index in [1.165, 1.54) is 0 Å². The molecule has 0 saturated carbocycles. The van der Waals surface area contributed by atoms with Crippen LogP contribution in [0.15, 0.2) is 54.6 Å². The molecule has 0 aliphatic heterocycles. The number of likely N-dealkylation sites (N-methyl/N-ethyl adjacent to an activating group) is 1. The summed E-state index contributed by atoms with van der Waals surface area (Å²) in [5, 5.41) is 6.62. The summed E-state index contributed by atoms with van der Waals surface area (Å²) in [5.74, 6) is 0.424. The van der Waals surface area contributed by atoms with E-state index in [-0.39, 0.29) is 24.4 Å². The Morgan fingerprint density at radius 1 is 1.12 bits per heavy atom. The first-order valence-corrected chi connectivity index (χ1v) is 7.90. The SMILES string of the molecule is CNC(C)CNC(=O)C(Oc1ccc(Cl)cc1)c1ccccc1.Cl. The average molecular weight is 369 g/mol. The Morgan fingerprint density at radius 2 is 1.75 bits per heavy atom. The van der Waals surface area contributed by atoms with Crippen molar-refractivity contribution in [1.82, 2.24) is 10.6 Å². The zero-order valence-corrected chi connectivity index (χ0v) is 15.2. The molecule has 2 atom stereocenters. The quantitative estimate of drug-likeness (QED) is 0.784. The van der Waals surface area contributed by atoms with Gasteiger partial charge in [0.1, 0.15) is 5.75 Å². The number of hydrogen-bond donors (Lipinski definition) is 2. The molecule has 4 nitrogen and oxygen atoms in total. The average Bonchev–Trinajstić information content (AvgIpc) is 2.59. The Hall–Kier alpha value is -1.75. The Kier molecular flexibility index (Phi) is 8.61. The van der Waals surface area contributed by atoms with Gasteiger partial charge in [0.2, 0.25) is 6.10 Å². The van der Waals surface area contributed by atoms with Crippen molar-refractivity contribution in [3.05, 3.63) is 65.2 Å². The minimum atomic E-state index is -0.707. The fourth-order valence-electron chi connectivity index (χ4n) is 2.00. The first-order valence-electron chi connectivity index (χ1n) is 7.52. The van der Waals surface area contributed by atoms with Crippen LogP contribution in [0.1, 0.15) is 18.6 Å². The van der Waals surface area contributed by atoms with Gasteiger partial charge in [0.05, 0.1) is 0 Å². The molecule has 2 aromatic carbocycles. The molecule has 130 valence electrons. The Balaban J connectivity index is 0.00000288. The summed E-state index contributed by atoms with van der Waals surface area (Å²) in [6.07, 6.45) is -0.707. The zero-order valence-electron chi connectivity index (χ0n) is 13.7. The first-order chi connectivity index (χ1) is 11.1. The van der Waals surface area contributed by atoms with Crippen LogP contribution in [0, 0.1) is 0 Å². The fraction of sp³-hybridized carbons (Fsp3) is 0.278. The Labute approximate surface area is 154 Å². The van der Waals surface area contributed by atoms with E-state index in [2.05, 4.69) is 10.6 Å². The van der Waals surface area contributed by atoms with Crippen LogP contribution < -0.4 is 15.4 Å². The van der Waals surface area contributed by atoms with E-state index in [9.17, 15) is 4.79 Å². The predicted molar refractivity (Wildman–Crippen MR) is 100 cm³/mol. The Bertz CT molecular complexity index is 621. The standard InChI is InChI=1S/C18H21ClN2O2.ClH/c1-13(20-2)12-21-18(22)17(14-6-4-3-5-7-14)23-16-10-8-15(19)9-11-16;/h3-11,13,17,20H,12H2,1-2H3,(H,21,22);1H. The summed E-state index contributed by atoms with van der Waals surface area (Å²) in [4.78, 5) is 12.5. The highest BCUT2D eigenvalue weighted by Gasteiger charge is 2.22. The number of ether oxygens (including phenoxy) is 1. The van der Waals surface area contributed by atoms with Crippen molar-refractivity contribution in [2.75, 3.05) is 13.6 Å². The predicted octanol–water partition coefficient (Wildman–Crippen LogP) is 3.61. The summed E-state index contributed by atoms with van der Waals surface area (Å²) >= 11 is 5.89. The lowest BCUT2D eigenvalue weighted by molar-refractivity contribution is -0.128. The number of carbonyl (C=O) groups is 1. The van der Waals surface area contributed by atoms with E-state index in [4.69, 9.17) is 16.3 Å². The van der Waals surface area contributed by atoms with Crippen molar-refractivity contribution in [2.45, 2.75) is 19.1 Å². The van der Waals surface area contributed by atoms with Crippen LogP contribution in [0.25, 0.3) is 0 Å². The highest BCUT2D eigenvalue weighted by molar-refractivity contribution is 6.30. The van der Waals surface area contributed by atoms with Gasteiger partial charge in [0, 0.05) is 23.2 Å². The molecule has 2 unspecified atom stereocenters. The molecule has 0 fully saturated rings. The minimum absolute atomic E-state index is 0. The maximum absolute atomic E-state index is 12.5. The van der Waals surface area contributed by atoms with Crippen molar-refractivity contribution < 1.29 is 9.53 Å². The molecule has 0 aromatic heterocycles. The molecular formula is C18H22Cl2N2O2. The molecule has 0 bridgehead atoms. The summed E-state index contributed by atoms with van der Waals surface area (Å²) < 4.78 is 5.89. The van der Waals surface area contributed by atoms with Gasteiger partial charge >= 0.3 is 0 Å². The number of hydrogen-bond acceptors (Lipinski definition) is 3. The van der Waals surface area contributed by atoms with E-state index in [1.807, 2.05) is 44.3 Å². The van der Waals surface area contributed by atoms with Crippen LogP contribution in [0.5, 0.6) is 5.75 Å². The molecular weight excluding hydrogens is 347 g/mol. The summed E-state index contributed by atoms with van der Waals surface area (Å²) in [5.41, 5.74) is 0.803. The third-order valence-corrected chi connectivity index (χ3v) is 3.74. The van der Waals surface area contributed by atoms with Gasteiger partial charge in [0.25, 0.3) is 5.91 Å². The monoisotopic (exact) mass is 368 g/mol. The van der Waals surface area contributed by atoms with Gasteiger partial charge in [-0.15, -0.1) is 12.4 Å². The molecule has 2 rings (SSSR count). The van der Waals surface area contributed by atoms with Crippen molar-refractivity contribution in [2.24, 2.45) is 0 Å². The van der Waals surface area contributed by atoms with Crippen molar-refractivity contribution >= 4 is 29.9 Å². The lowest BCUT2D eigenvalue weighted by Crippen LogP contribution is -2.40. The molecule has 2 aromatic rings. The molecule has 1 amide bonds. The van der Waals surface area contributed by atoms with Gasteiger partial charge in [-0.2, -0.15) is 0 Å². The van der Waals surface area contributed by atoms with Gasteiger partial charge in [-0.3, -0.25) is 4.79 Å². The van der Waals surface area contributed by atoms with Crippen LogP contribution in [0.2, 0.25) is 5.02 Å². The second-order valence-electron chi connectivity index (χ2n) is 5.30. The number of halogens is 2. The van der Waals surface area contributed by atoms with Crippen molar-refractivity contribution in [3.63, 3.8) is 0 Å². The van der Waals surface area contributed by atoms with Gasteiger partial charge in [-0.05, 0) is 38.2 Å². The number of benzene rings is 2. The third kappa shape index (κ3) is 6.04. The molecule has 0 heterocycles. The highest BCUT2D eigenvalue weighted by Crippen LogP contribution is 2.23. The first kappa shape index (κ1) is 20.3. The fourth-order valence-corrected chi connectivity index (χ4v) is 2.12. The maximum Gasteiger partial charge on any atom is 0.265 e. The topological polar surface area (TPSA) is 50.4 Å². The second kappa shape index (κ2) is 10.2. The normalized spacial score (nSPS) is 12.6. The minimum Gasteiger partial charge on any atom is -0.476 e. The second-order valence-corrected chi connectivity index (χ2v) is 5.73. The lowest BCUT2D eigenvalue weighted by atomic mass is 10.1. The summed E-state index contributed by atoms with van der Waals surface area (Å²) in [7, 11) is 1.86. The number of nitrogens with one attached hydrogen (secondary N) is 2. The van der Waals surface area contributed by atoms with Gasteiger partial charge in [-0.25, -0.2) is 0 Å². The van der Waals surface area contributed by atoms with Gasteiger partial charge in [-0.1, -0.05) is 41.9 Å². The van der Waals surface area contributed by atoms with E-state index in [0.717, 1.165) is 5.56 Å². The largest absolute Gasteiger partial charge is 0.476 e. The number of amides is 1. The van der Waals surface area contributed by atoms with Crippen molar-refractivity contribution in [3.8, 4) is 5.75 Å². The van der Waals surface area contributed by atoms with Crippen LogP contribution >= 0.6 is 24.0 Å². The highest BCUT2D eigenvalue weighted by atomic mass is 35.5. The van der Waals surface area contributed by atoms with Crippen LogP contribution in [0.4, 0.5) is 0 Å². The van der Waals surface area contributed by atoms with E-state index in [0.29, 0.717) is 17.3 Å². The van der Waals surface area contributed by atoms with E-state index >= 15 is 0 Å². The third-order valence-electron chi connectivity index (χ3n) is 3.48. The Morgan fingerprint density at radius 3 is 2.33 bits per heavy atom. The van der Waals surface area contributed by atoms with Gasteiger partial charge in [0.15, 0.2) is 0 Å². The molecule has 24 heavy (non-hydrogen) atoms. The number of rotatable bonds is 7. The van der Waals surface area contributed by atoms with Gasteiger partial charge < -0.3 is 15.4 Å². The number of carbonyl (C=O) groups excluding carboxylic acids is 1. The maximum atomic E-state index is 12.5. The molecule has 2 N–H and O–H groups in total. The molecule has 0 spiro atoms. The summed E-state index contributed by atoms with van der Waals surface area (Å²) in [6, 6.07) is 16.6. The van der Waals surface area contributed by atoms with Crippen molar-refractivity contribution in [1.29, 1.82) is 0 Å². The van der Waals surface area contributed by atoms with Crippen LogP contribution in [-0.4, -0.2) is 25.5 Å². The van der Waals surface area contributed by atoms with Crippen LogP contribution in [-0.2, 0) is 4.79 Å². The molecule has 0 aliphatic carbocycles.